The van der Waals surface area contributed by atoms with Crippen molar-refractivity contribution in [2.24, 2.45) is 0 Å². The molecule has 5 fully saturated rings. The fraction of sp³-hybridized carbons (Fsp3) is 0.527. The average molecular weight is 1590 g/mol. The topological polar surface area (TPSA) is 269 Å². The number of furan rings is 3. The molecule has 6 aliphatic rings. The molecule has 1 saturated carbocycles. The third kappa shape index (κ3) is 18.7. The van der Waals surface area contributed by atoms with E-state index in [0.717, 1.165) is 275 Å². The van der Waals surface area contributed by atoms with Crippen molar-refractivity contribution in [2.45, 2.75) is 223 Å². The minimum atomic E-state index is -0.202. The zero-order chi connectivity index (χ0) is 82.2. The first-order chi connectivity index (χ1) is 55.9. The van der Waals surface area contributed by atoms with Gasteiger partial charge in [-0.1, -0.05) is 25.8 Å². The zero-order valence-corrected chi connectivity index (χ0v) is 71.0. The third-order valence-electron chi connectivity index (χ3n) is 25.3. The van der Waals surface area contributed by atoms with E-state index in [4.69, 9.17) is 27.5 Å². The van der Waals surface area contributed by atoms with E-state index >= 15 is 0 Å². The molecular formula is C93H123N11O12. The molecule has 23 heteroatoms. The monoisotopic (exact) mass is 1590 g/mol. The second-order valence-electron chi connectivity index (χ2n) is 33.1. The van der Waals surface area contributed by atoms with Crippen LogP contribution >= 0.6 is 0 Å². The van der Waals surface area contributed by atoms with Gasteiger partial charge >= 0.3 is 0 Å². The van der Waals surface area contributed by atoms with Crippen molar-refractivity contribution in [3.05, 3.63) is 193 Å². The number of ether oxygens (including phenoxy) is 3. The fourth-order valence-electron chi connectivity index (χ4n) is 18.8. The van der Waals surface area contributed by atoms with Gasteiger partial charge in [0.2, 0.25) is 0 Å². The number of aryl methyl sites for hydroxylation is 6. The first-order valence-electron chi connectivity index (χ1n) is 42.7. The Morgan fingerprint density at radius 3 is 1.19 bits per heavy atom. The van der Waals surface area contributed by atoms with E-state index in [9.17, 15) is 28.8 Å². The number of rotatable bonds is 22. The lowest BCUT2D eigenvalue weighted by Gasteiger charge is -2.37. The van der Waals surface area contributed by atoms with Crippen LogP contribution in [0.3, 0.4) is 0 Å². The molecule has 0 unspecified atom stereocenters. The minimum Gasteiger partial charge on any atom is -0.461 e. The van der Waals surface area contributed by atoms with Gasteiger partial charge in [0.05, 0.1) is 16.7 Å². The molecule has 0 radical (unpaired) electrons. The van der Waals surface area contributed by atoms with Crippen molar-refractivity contribution < 1.29 is 41.8 Å². The van der Waals surface area contributed by atoms with Gasteiger partial charge < -0.3 is 82.9 Å². The summed E-state index contributed by atoms with van der Waals surface area (Å²) in [6.07, 6.45) is 16.4. The number of anilines is 3. The number of pyridine rings is 3. The maximum Gasteiger partial charge on any atom is 0.253 e. The van der Waals surface area contributed by atoms with Gasteiger partial charge in [-0.2, -0.15) is 0 Å². The van der Waals surface area contributed by atoms with Crippen molar-refractivity contribution >= 4 is 73.3 Å². The molecule has 3 amide bonds. The number of H-pyrrole nitrogens is 3. The van der Waals surface area contributed by atoms with Crippen molar-refractivity contribution in [3.8, 4) is 0 Å². The summed E-state index contributed by atoms with van der Waals surface area (Å²) in [5.74, 6) is 3.00. The summed E-state index contributed by atoms with van der Waals surface area (Å²) < 4.78 is 36.4. The SMILES string of the molecule is CCN(c1cc2oc(C3=CCN(C)CC3)cc2c(C(=O)NCc2c(C)cc(C)[nH]c2=O)c1C)C1CCOCC1.CCN(c1cc2oc(C3CCN(C)CC3)cc2c(C(=O)NCc2c(C)cc(C)[nH]c2=O)c1C)C1CCOCC1.CCc1c(N(CC)C2CCOCC2)cc2oc(C3CCCC3)cc2c1C(=O)NCc1c(C)cc(C)[nH]c1=O. The molecule has 9 aromatic rings. The first kappa shape index (κ1) is 84.4. The van der Waals surface area contributed by atoms with Crippen LogP contribution < -0.4 is 47.3 Å². The summed E-state index contributed by atoms with van der Waals surface area (Å²) in [7, 11) is 4.27. The van der Waals surface area contributed by atoms with Crippen LogP contribution in [0.1, 0.15) is 239 Å². The second-order valence-corrected chi connectivity index (χ2v) is 33.1. The average Bonchev–Trinajstić information content (AvgIpc) is 1.48. The molecule has 0 spiro atoms. The first-order valence-corrected chi connectivity index (χ1v) is 42.7. The number of aromatic nitrogens is 3. The number of nitrogens with zero attached hydrogens (tertiary/aromatic N) is 5. The lowest BCUT2D eigenvalue weighted by molar-refractivity contribution is 0.0845. The van der Waals surface area contributed by atoms with Crippen molar-refractivity contribution in [3.63, 3.8) is 0 Å². The highest BCUT2D eigenvalue weighted by Gasteiger charge is 2.34. The van der Waals surface area contributed by atoms with Crippen LogP contribution in [0.4, 0.5) is 17.1 Å². The van der Waals surface area contributed by atoms with Crippen molar-refractivity contribution in [1.82, 2.24) is 40.7 Å². The fourth-order valence-corrected chi connectivity index (χ4v) is 18.8. The number of carbonyl (C=O) groups is 3. The van der Waals surface area contributed by atoms with Crippen LogP contribution in [0.2, 0.25) is 0 Å². The number of nitrogens with one attached hydrogen (secondary N) is 6. The molecule has 0 bridgehead atoms. The van der Waals surface area contributed by atoms with Gasteiger partial charge in [-0.25, -0.2) is 0 Å². The number of hydrogen-bond acceptors (Lipinski definition) is 17. The van der Waals surface area contributed by atoms with Gasteiger partial charge in [0, 0.05) is 207 Å². The third-order valence-corrected chi connectivity index (χ3v) is 25.3. The lowest BCUT2D eigenvalue weighted by atomic mass is 9.93. The molecule has 622 valence electrons. The van der Waals surface area contributed by atoms with E-state index in [0.29, 0.717) is 68.9 Å². The highest BCUT2D eigenvalue weighted by molar-refractivity contribution is 6.12. The number of benzene rings is 3. The van der Waals surface area contributed by atoms with Crippen molar-refractivity contribution in [1.29, 1.82) is 0 Å². The van der Waals surface area contributed by atoms with Gasteiger partial charge in [0.15, 0.2) is 0 Å². The lowest BCUT2D eigenvalue weighted by Crippen LogP contribution is -2.40. The van der Waals surface area contributed by atoms with Crippen LogP contribution in [-0.4, -0.2) is 160 Å². The smallest absolute Gasteiger partial charge is 0.253 e. The molecule has 6 N–H and O–H groups in total. The van der Waals surface area contributed by atoms with Crippen molar-refractivity contribution in [2.75, 3.05) is 114 Å². The van der Waals surface area contributed by atoms with Crippen LogP contribution in [0.25, 0.3) is 38.5 Å². The maximum absolute atomic E-state index is 14.0. The number of hydrogen-bond donors (Lipinski definition) is 6. The Bertz CT molecular complexity index is 5240. The standard InChI is InChI=1S/C31H42N4O4.C31H40N4O4.C31H41N3O4/c2*1-6-35(23-9-13-38-14-10-23)26-17-28-24(16-27(39-28)22-7-11-34(5)12-8-22)29(21(26)4)31(37)32-18-25-19(2)15-20(3)33-30(25)36;1-5-23-26(34(6-2)22-11-13-37-14-12-22)17-28-24(16-27(38-28)21-9-7-8-10-21)29(23)31(36)32-18-25-19(3)15-20(4)33-30(25)35/h15-17,22-23H,6-14,18H2,1-5H3,(H,32,37)(H,33,36);7,15-17,23H,6,8-14,18H2,1-5H3,(H,32,37)(H,33,36);15-17,21-22H,5-14,18H2,1-4H3,(H,32,36)(H,33,35). The quantitative estimate of drug-likeness (QED) is 0.0368. The minimum absolute atomic E-state index is 0.152. The Morgan fingerprint density at radius 2 is 0.802 bits per heavy atom. The number of piperidine rings is 1. The number of likely N-dealkylation sites (tertiary alicyclic amines) is 1. The summed E-state index contributed by atoms with van der Waals surface area (Å²) in [6.45, 7) is 35.4. The van der Waals surface area contributed by atoms with Gasteiger partial charge in [-0.3, -0.25) is 28.8 Å². The van der Waals surface area contributed by atoms with Gasteiger partial charge in [0.1, 0.15) is 34.0 Å². The number of aromatic amines is 3. The predicted molar refractivity (Wildman–Crippen MR) is 462 cm³/mol. The molecule has 15 rings (SSSR count). The Labute approximate surface area is 682 Å². The summed E-state index contributed by atoms with van der Waals surface area (Å²) in [5, 5.41) is 11.7. The van der Waals surface area contributed by atoms with E-state index in [-0.39, 0.29) is 54.0 Å². The molecular weight excluding hydrogens is 1460 g/mol. The summed E-state index contributed by atoms with van der Waals surface area (Å²) in [5.41, 5.74) is 17.7. The number of likely N-dealkylation sites (N-methyl/N-ethyl adjacent to an activating group) is 1. The van der Waals surface area contributed by atoms with Crippen LogP contribution in [0, 0.1) is 55.4 Å². The largest absolute Gasteiger partial charge is 0.461 e. The number of fused-ring (bicyclic) bond motifs is 3. The van der Waals surface area contributed by atoms with Crippen LogP contribution in [0.15, 0.2) is 88.3 Å². The normalized spacial score (nSPS) is 17.1. The Kier molecular flexibility index (Phi) is 27.5. The van der Waals surface area contributed by atoms with E-state index in [2.05, 4.69) is 134 Å². The van der Waals surface area contributed by atoms with Gasteiger partial charge in [-0.15, -0.1) is 0 Å². The van der Waals surface area contributed by atoms with Crippen LogP contribution in [0.5, 0.6) is 0 Å². The van der Waals surface area contributed by atoms with Gasteiger partial charge in [-0.05, 0) is 256 Å². The zero-order valence-electron chi connectivity index (χ0n) is 71.0. The molecule has 5 aliphatic heterocycles. The molecule has 6 aromatic heterocycles. The summed E-state index contributed by atoms with van der Waals surface area (Å²) in [6, 6.07) is 19.5. The summed E-state index contributed by atoms with van der Waals surface area (Å²) >= 11 is 0. The van der Waals surface area contributed by atoms with Gasteiger partial charge in [0.25, 0.3) is 34.4 Å². The number of amides is 3. The Balaban J connectivity index is 0.000000151. The second kappa shape index (κ2) is 37.8. The Morgan fingerprint density at radius 1 is 0.431 bits per heavy atom. The molecule has 4 saturated heterocycles. The van der Waals surface area contributed by atoms with Crippen LogP contribution in [-0.2, 0) is 40.3 Å². The number of carbonyl (C=O) groups excluding carboxylic acids is 3. The molecule has 3 aromatic carbocycles. The highest BCUT2D eigenvalue weighted by atomic mass is 16.5. The maximum atomic E-state index is 14.0. The van der Waals surface area contributed by atoms with E-state index in [1.165, 1.54) is 18.4 Å². The Hall–Kier alpha value is -9.52. The predicted octanol–water partition coefficient (Wildman–Crippen LogP) is 15.4. The molecule has 1 aliphatic carbocycles. The highest BCUT2D eigenvalue weighted by Crippen LogP contribution is 2.44. The van der Waals surface area contributed by atoms with E-state index < -0.39 is 0 Å². The molecule has 23 nitrogen and oxygen atoms in total. The molecule has 11 heterocycles. The molecule has 116 heavy (non-hydrogen) atoms. The molecule has 0 atom stereocenters. The summed E-state index contributed by atoms with van der Waals surface area (Å²) in [4.78, 5) is 100.0. The van der Waals surface area contributed by atoms with E-state index in [1.54, 1.807) is 0 Å². The van der Waals surface area contributed by atoms with E-state index in [1.807, 2.05) is 79.7 Å².